The number of rotatable bonds is 10. The number of imide groups is 1. The van der Waals surface area contributed by atoms with Crippen molar-refractivity contribution in [2.75, 3.05) is 13.7 Å². The molecule has 210 valence electrons. The van der Waals surface area contributed by atoms with Crippen molar-refractivity contribution in [3.05, 3.63) is 87.9 Å². The number of nitrogens with zero attached hydrogens (tertiary/aromatic N) is 3. The number of fused-ring (bicyclic) bond motifs is 1. The van der Waals surface area contributed by atoms with Crippen LogP contribution in [0.15, 0.2) is 82.0 Å². The maximum absolute atomic E-state index is 13.4. The summed E-state index contributed by atoms with van der Waals surface area (Å²) in [5.41, 5.74) is 2.99. The van der Waals surface area contributed by atoms with Crippen molar-refractivity contribution in [2.45, 2.75) is 53.6 Å². The van der Waals surface area contributed by atoms with E-state index in [1.807, 2.05) is 32.2 Å². The molecule has 3 aliphatic rings. The fraction of sp³-hybridized carbons (Fsp3) is 0.355. The van der Waals surface area contributed by atoms with Crippen LogP contribution in [-0.4, -0.2) is 48.6 Å². The summed E-state index contributed by atoms with van der Waals surface area (Å²) in [4.78, 5) is 44.2. The first-order valence-electron chi connectivity index (χ1n) is 13.3. The van der Waals surface area contributed by atoms with Gasteiger partial charge in [-0.2, -0.15) is 0 Å². The molecule has 1 aromatic carbocycles. The number of hydrogen-bond acceptors (Lipinski definition) is 7. The van der Waals surface area contributed by atoms with Gasteiger partial charge in [-0.3, -0.25) is 19.3 Å². The number of amidine groups is 1. The molecule has 2 heterocycles. The number of carbonyl (C=O) groups excluding carboxylic acids is 3. The summed E-state index contributed by atoms with van der Waals surface area (Å²) in [6.07, 6.45) is 11.2. The van der Waals surface area contributed by atoms with Crippen LogP contribution in [0.4, 0.5) is 5.69 Å². The second kappa shape index (κ2) is 13.9. The zero-order valence-corrected chi connectivity index (χ0v) is 27.9. The average molecular weight is 583 g/mol. The molecule has 0 spiro atoms. The van der Waals surface area contributed by atoms with E-state index in [-0.39, 0.29) is 87.3 Å². The average Bonchev–Trinajstić information content (AvgIpc) is 3.41. The van der Waals surface area contributed by atoms with Crippen molar-refractivity contribution in [2.24, 2.45) is 10.4 Å². The standard InChI is InChI=1S/C31H36N4O5.K/c1-7-25(40-19(2)3)28-20(4)29(37)35(30(28)38)15-11-27(34-24-17-23(39-6)9-8-21(24)18-36)33-22-10-12-31(5)13-14-32-26(31)16-22;/h7-10,13-14,16-19,32H,11-12,15H2,1-6H3,(H,33,34,36);/q;+1/p-1/b25-7+;. The van der Waals surface area contributed by atoms with E-state index in [9.17, 15) is 14.4 Å². The van der Waals surface area contributed by atoms with Crippen molar-refractivity contribution in [1.29, 1.82) is 0 Å². The second-order valence-electron chi connectivity index (χ2n) is 10.3. The van der Waals surface area contributed by atoms with Crippen LogP contribution in [0.5, 0.6) is 5.75 Å². The summed E-state index contributed by atoms with van der Waals surface area (Å²) in [6.45, 7) is 9.33. The fourth-order valence-corrected chi connectivity index (χ4v) is 4.75. The minimum Gasteiger partial charge on any atom is -0.497 e. The van der Waals surface area contributed by atoms with Crippen LogP contribution >= 0.6 is 0 Å². The van der Waals surface area contributed by atoms with E-state index in [4.69, 9.17) is 19.8 Å². The van der Waals surface area contributed by atoms with Crippen LogP contribution in [0.1, 0.15) is 57.8 Å². The topological polar surface area (TPSA) is 111 Å². The number of ether oxygens (including phenoxy) is 2. The number of hydrogen-bond donors (Lipinski definition) is 1. The van der Waals surface area contributed by atoms with Crippen LogP contribution in [0.3, 0.4) is 0 Å². The number of carbonyl (C=O) groups is 3. The van der Waals surface area contributed by atoms with Gasteiger partial charge in [0.05, 0.1) is 18.8 Å². The number of amides is 2. The Labute approximate surface area is 283 Å². The third-order valence-electron chi connectivity index (χ3n) is 7.04. The molecular weight excluding hydrogens is 547 g/mol. The molecule has 0 radical (unpaired) electrons. The Hall–Kier alpha value is -2.76. The van der Waals surface area contributed by atoms with Crippen LogP contribution in [-0.2, 0) is 14.3 Å². The Morgan fingerprint density at radius 3 is 2.68 bits per heavy atom. The first kappa shape index (κ1) is 32.7. The van der Waals surface area contributed by atoms with E-state index < -0.39 is 5.91 Å². The number of aliphatic imine (C=N–C) groups is 1. The summed E-state index contributed by atoms with van der Waals surface area (Å²) < 4.78 is 11.1. The summed E-state index contributed by atoms with van der Waals surface area (Å²) in [5, 5.41) is 8.07. The second-order valence-corrected chi connectivity index (χ2v) is 10.3. The monoisotopic (exact) mass is 582 g/mol. The normalized spacial score (nSPS) is 20.4. The zero-order valence-electron chi connectivity index (χ0n) is 24.8. The van der Waals surface area contributed by atoms with Gasteiger partial charge >= 0.3 is 51.4 Å². The maximum Gasteiger partial charge on any atom is 1.00 e. The maximum atomic E-state index is 13.4. The molecule has 0 saturated heterocycles. The van der Waals surface area contributed by atoms with Crippen LogP contribution < -0.4 is 61.4 Å². The molecule has 10 heteroatoms. The number of nitrogens with one attached hydrogen (secondary N) is 1. The molecule has 0 fully saturated rings. The van der Waals surface area contributed by atoms with Crippen molar-refractivity contribution in [1.82, 2.24) is 10.2 Å². The van der Waals surface area contributed by atoms with Gasteiger partial charge in [0.25, 0.3) is 11.8 Å². The van der Waals surface area contributed by atoms with Gasteiger partial charge in [-0.05, 0) is 88.5 Å². The Kier molecular flexibility index (Phi) is 11.1. The largest absolute Gasteiger partial charge is 1.00 e. The smallest absolute Gasteiger partial charge is 0.497 e. The predicted octanol–water partition coefficient (Wildman–Crippen LogP) is 2.61. The minimum absolute atomic E-state index is 0. The van der Waals surface area contributed by atoms with Crippen LogP contribution in [0.2, 0.25) is 0 Å². The van der Waals surface area contributed by atoms with Gasteiger partial charge in [0.15, 0.2) is 0 Å². The molecule has 0 aromatic heterocycles. The van der Waals surface area contributed by atoms with Crippen LogP contribution in [0.25, 0.3) is 5.32 Å². The van der Waals surface area contributed by atoms with E-state index in [1.165, 1.54) is 12.0 Å². The van der Waals surface area contributed by atoms with Crippen molar-refractivity contribution in [3.63, 3.8) is 0 Å². The third kappa shape index (κ3) is 7.18. The molecule has 2 amide bonds. The molecule has 2 aliphatic heterocycles. The molecule has 1 aliphatic carbocycles. The Bertz CT molecular complexity index is 1420. The summed E-state index contributed by atoms with van der Waals surface area (Å²) in [7, 11) is 1.53. The van der Waals surface area contributed by atoms with Crippen molar-refractivity contribution >= 4 is 29.6 Å². The molecule has 9 nitrogen and oxygen atoms in total. The Morgan fingerprint density at radius 2 is 2.02 bits per heavy atom. The summed E-state index contributed by atoms with van der Waals surface area (Å²) >= 11 is 0. The number of aldehydes is 1. The number of methoxy groups -OCH3 is 1. The summed E-state index contributed by atoms with van der Waals surface area (Å²) in [6, 6.07) is 4.97. The Balaban J connectivity index is 0.00000462. The van der Waals surface area contributed by atoms with Gasteiger partial charge < -0.3 is 25.1 Å². The Morgan fingerprint density at radius 1 is 1.27 bits per heavy atom. The van der Waals surface area contributed by atoms with E-state index in [0.717, 1.165) is 18.4 Å². The van der Waals surface area contributed by atoms with E-state index in [0.29, 0.717) is 39.9 Å². The van der Waals surface area contributed by atoms with E-state index in [1.54, 1.807) is 38.1 Å². The van der Waals surface area contributed by atoms with Gasteiger partial charge in [0.1, 0.15) is 17.8 Å². The van der Waals surface area contributed by atoms with Gasteiger partial charge in [0, 0.05) is 28.8 Å². The van der Waals surface area contributed by atoms with Crippen molar-refractivity contribution < 1.29 is 75.2 Å². The molecular formula is C31H35KN4O5. The van der Waals surface area contributed by atoms with Gasteiger partial charge in [-0.15, -0.1) is 0 Å². The first-order valence-corrected chi connectivity index (χ1v) is 13.3. The zero-order chi connectivity index (χ0) is 29.0. The molecule has 1 atom stereocenters. The molecule has 1 unspecified atom stereocenters. The predicted molar refractivity (Wildman–Crippen MR) is 154 cm³/mol. The van der Waals surface area contributed by atoms with E-state index in [2.05, 4.69) is 18.3 Å². The first-order chi connectivity index (χ1) is 19.1. The number of benzene rings is 1. The molecule has 0 saturated carbocycles. The van der Waals surface area contributed by atoms with E-state index >= 15 is 0 Å². The molecule has 1 aromatic rings. The SMILES string of the molecule is C/C=C(/OC(C)C)C1=C(C)C(=O)N(CCC(=Nc2cc(OC)ccc2C=O)[N-]C2=CCC3(C)C=CNC3=C2)C1=O.[K+]. The summed E-state index contributed by atoms with van der Waals surface area (Å²) in [5.74, 6) is 0.501. The molecule has 0 bridgehead atoms. The van der Waals surface area contributed by atoms with Crippen LogP contribution in [0, 0.1) is 5.41 Å². The van der Waals surface area contributed by atoms with Gasteiger partial charge in [-0.1, -0.05) is 24.9 Å². The number of allylic oxidation sites excluding steroid dienone is 4. The molecule has 4 rings (SSSR count). The third-order valence-corrected chi connectivity index (χ3v) is 7.04. The van der Waals surface area contributed by atoms with Gasteiger partial charge in [-0.25, -0.2) is 0 Å². The molecule has 1 N–H and O–H groups in total. The quantitative estimate of drug-likeness (QED) is 0.113. The van der Waals surface area contributed by atoms with Crippen molar-refractivity contribution in [3.8, 4) is 5.75 Å². The minimum atomic E-state index is -0.415. The fourth-order valence-electron chi connectivity index (χ4n) is 4.75. The molecule has 41 heavy (non-hydrogen) atoms. The van der Waals surface area contributed by atoms with Gasteiger partial charge in [0.2, 0.25) is 0 Å².